The second-order valence-electron chi connectivity index (χ2n) is 7.01. The quantitative estimate of drug-likeness (QED) is 0.102. The topological polar surface area (TPSA) is 142 Å². The summed E-state index contributed by atoms with van der Waals surface area (Å²) < 4.78 is 25.9. The normalized spacial score (nSPS) is 10.5. The molecule has 2 heterocycles. The lowest BCUT2D eigenvalue weighted by Gasteiger charge is -2.04. The third kappa shape index (κ3) is 12.1. The molecule has 182 valence electrons. The molecule has 0 N–H and O–H groups in total. The van der Waals surface area contributed by atoms with Gasteiger partial charge in [-0.3, -0.25) is 0 Å². The molecule has 0 unspecified atom stereocenters. The summed E-state index contributed by atoms with van der Waals surface area (Å²) >= 11 is 0. The molecule has 0 aliphatic rings. The minimum absolute atomic E-state index is 0.341. The van der Waals surface area contributed by atoms with E-state index in [0.29, 0.717) is 65.9 Å². The molecule has 0 radical (unpaired) electrons. The molecule has 12 heteroatoms. The molecule has 0 bridgehead atoms. The maximum Gasteiger partial charge on any atom is 0.171 e. The lowest BCUT2D eigenvalue weighted by Crippen LogP contribution is -2.35. The number of nitrogens with zero attached hydrogens (tertiary/aromatic N) is 8. The molecule has 0 spiro atoms. The number of hydrogen-bond donors (Lipinski definition) is 0. The molecule has 0 atom stereocenters. The van der Waals surface area contributed by atoms with Crippen molar-refractivity contribution < 1.29 is 28.1 Å². The van der Waals surface area contributed by atoms with Gasteiger partial charge in [-0.25, -0.2) is 9.13 Å². The fraction of sp³-hybridized carbons (Fsp3) is 0.545. The summed E-state index contributed by atoms with van der Waals surface area (Å²) in [6.45, 7) is 6.20. The summed E-state index contributed by atoms with van der Waals surface area (Å²) in [5.74, 6) is 0. The average Bonchev–Trinajstić information content (AvgIpc) is 2.87. The fourth-order valence-corrected chi connectivity index (χ4v) is 2.88. The molecular formula is C22H32N8O4+2. The first kappa shape index (κ1) is 27.0. The number of hydrogen-bond acceptors (Lipinski definition) is 6. The van der Waals surface area contributed by atoms with Crippen LogP contribution >= 0.6 is 0 Å². The standard InChI is InChI=1S/C22H32N8O4/c23-27-25-5-13-31-17-19-33-15-11-29-7-1-21(2-8-29)22-3-9-30(10-4-22)12-16-34-20-18-32-14-6-26-28-24/h1-4,7-10H,5-6,11-20H2/q+2. The minimum atomic E-state index is 0.341. The van der Waals surface area contributed by atoms with E-state index in [1.54, 1.807) is 0 Å². The van der Waals surface area contributed by atoms with E-state index in [1.807, 2.05) is 24.8 Å². The van der Waals surface area contributed by atoms with Gasteiger partial charge in [-0.05, 0) is 22.2 Å². The highest BCUT2D eigenvalue weighted by Crippen LogP contribution is 2.15. The Morgan fingerprint density at radius 3 is 1.26 bits per heavy atom. The van der Waals surface area contributed by atoms with Crippen LogP contribution in [-0.2, 0) is 32.0 Å². The van der Waals surface area contributed by atoms with Gasteiger partial charge in [0.1, 0.15) is 13.2 Å². The highest BCUT2D eigenvalue weighted by atomic mass is 16.5. The van der Waals surface area contributed by atoms with E-state index in [-0.39, 0.29) is 0 Å². The van der Waals surface area contributed by atoms with Crippen molar-refractivity contribution >= 4 is 0 Å². The van der Waals surface area contributed by atoms with E-state index >= 15 is 0 Å². The highest BCUT2D eigenvalue weighted by molar-refractivity contribution is 5.60. The lowest BCUT2D eigenvalue weighted by atomic mass is 10.1. The van der Waals surface area contributed by atoms with Crippen LogP contribution < -0.4 is 9.13 Å². The van der Waals surface area contributed by atoms with E-state index in [4.69, 9.17) is 30.0 Å². The van der Waals surface area contributed by atoms with Gasteiger partial charge in [0, 0.05) is 47.2 Å². The Hall–Kier alpha value is -3.24. The van der Waals surface area contributed by atoms with E-state index in [2.05, 4.69) is 53.5 Å². The van der Waals surface area contributed by atoms with Crippen LogP contribution in [0.2, 0.25) is 0 Å². The SMILES string of the molecule is [N-]=[N+]=NCCOCCOCC[n+]1ccc(-c2cc[n+](CCOCCOCCN=[N+]=[N-])cc2)cc1. The van der Waals surface area contributed by atoms with Crippen molar-refractivity contribution in [1.29, 1.82) is 0 Å². The maximum absolute atomic E-state index is 8.17. The highest BCUT2D eigenvalue weighted by Gasteiger charge is 2.06. The van der Waals surface area contributed by atoms with E-state index in [1.165, 1.54) is 0 Å². The maximum atomic E-state index is 8.17. The zero-order valence-corrected chi connectivity index (χ0v) is 19.3. The minimum Gasteiger partial charge on any atom is -0.379 e. The third-order valence-electron chi connectivity index (χ3n) is 4.65. The molecule has 0 aliphatic heterocycles. The first-order valence-electron chi connectivity index (χ1n) is 11.1. The number of aromatic nitrogens is 2. The van der Waals surface area contributed by atoms with Crippen LogP contribution in [0, 0.1) is 0 Å². The van der Waals surface area contributed by atoms with Crippen LogP contribution in [0.25, 0.3) is 32.0 Å². The van der Waals surface area contributed by atoms with E-state index in [0.717, 1.165) is 24.2 Å². The Labute approximate surface area is 198 Å². The Bertz CT molecular complexity index is 823. The zero-order valence-electron chi connectivity index (χ0n) is 19.3. The van der Waals surface area contributed by atoms with Crippen molar-refractivity contribution in [1.82, 2.24) is 0 Å². The summed E-state index contributed by atoms with van der Waals surface area (Å²) in [5.41, 5.74) is 18.6. The zero-order chi connectivity index (χ0) is 24.1. The molecule has 12 nitrogen and oxygen atoms in total. The van der Waals surface area contributed by atoms with Crippen LogP contribution in [0.3, 0.4) is 0 Å². The molecule has 2 aromatic heterocycles. The monoisotopic (exact) mass is 472 g/mol. The molecule has 0 saturated carbocycles. The second kappa shape index (κ2) is 18.2. The molecule has 0 saturated heterocycles. The molecular weight excluding hydrogens is 440 g/mol. The Morgan fingerprint density at radius 1 is 0.559 bits per heavy atom. The van der Waals surface area contributed by atoms with E-state index < -0.39 is 0 Å². The molecule has 0 aromatic carbocycles. The van der Waals surface area contributed by atoms with Crippen molar-refractivity contribution in [2.24, 2.45) is 10.2 Å². The van der Waals surface area contributed by atoms with Gasteiger partial charge in [-0.15, -0.1) is 0 Å². The van der Waals surface area contributed by atoms with Crippen LogP contribution in [0.5, 0.6) is 0 Å². The number of rotatable bonds is 19. The molecule has 0 fully saturated rings. The predicted molar refractivity (Wildman–Crippen MR) is 124 cm³/mol. The summed E-state index contributed by atoms with van der Waals surface area (Å²) in [6, 6.07) is 8.35. The van der Waals surface area contributed by atoms with Gasteiger partial charge in [-0.1, -0.05) is 10.2 Å². The van der Waals surface area contributed by atoms with Gasteiger partial charge < -0.3 is 18.9 Å². The van der Waals surface area contributed by atoms with Crippen molar-refractivity contribution in [2.75, 3.05) is 65.9 Å². The number of azide groups is 2. The van der Waals surface area contributed by atoms with Gasteiger partial charge >= 0.3 is 0 Å². The van der Waals surface area contributed by atoms with Gasteiger partial charge in [0.25, 0.3) is 0 Å². The Kier molecular flexibility index (Phi) is 14.5. The molecule has 34 heavy (non-hydrogen) atoms. The molecule has 0 aliphatic carbocycles. The van der Waals surface area contributed by atoms with Gasteiger partial charge in [0.2, 0.25) is 0 Å². The largest absolute Gasteiger partial charge is 0.379 e. The van der Waals surface area contributed by atoms with Crippen LogP contribution in [0.15, 0.2) is 59.3 Å². The van der Waals surface area contributed by atoms with Crippen LogP contribution in [0.4, 0.5) is 0 Å². The fourth-order valence-electron chi connectivity index (χ4n) is 2.88. The number of ether oxygens (including phenoxy) is 4. The van der Waals surface area contributed by atoms with Crippen LogP contribution in [0.1, 0.15) is 0 Å². The van der Waals surface area contributed by atoms with Gasteiger partial charge in [-0.2, -0.15) is 0 Å². The van der Waals surface area contributed by atoms with Crippen molar-refractivity contribution in [3.05, 3.63) is 69.9 Å². The summed E-state index contributed by atoms with van der Waals surface area (Å²) in [5, 5.41) is 6.80. The first-order valence-corrected chi connectivity index (χ1v) is 11.1. The Balaban J connectivity index is 1.59. The smallest absolute Gasteiger partial charge is 0.171 e. The van der Waals surface area contributed by atoms with Crippen molar-refractivity contribution in [3.8, 4) is 11.1 Å². The van der Waals surface area contributed by atoms with E-state index in [9.17, 15) is 0 Å². The molecule has 2 aromatic rings. The third-order valence-corrected chi connectivity index (χ3v) is 4.65. The lowest BCUT2D eigenvalue weighted by molar-refractivity contribution is -0.698. The first-order chi connectivity index (χ1) is 16.8. The predicted octanol–water partition coefficient (Wildman–Crippen LogP) is 2.62. The number of pyridine rings is 2. The average molecular weight is 473 g/mol. The molecule has 0 amide bonds. The Morgan fingerprint density at radius 2 is 0.912 bits per heavy atom. The summed E-state index contributed by atoms with van der Waals surface area (Å²) in [7, 11) is 0. The van der Waals surface area contributed by atoms with Crippen molar-refractivity contribution in [3.63, 3.8) is 0 Å². The van der Waals surface area contributed by atoms with Gasteiger partial charge in [0.05, 0.1) is 39.6 Å². The van der Waals surface area contributed by atoms with Crippen LogP contribution in [-0.4, -0.2) is 65.9 Å². The van der Waals surface area contributed by atoms with Gasteiger partial charge in [0.15, 0.2) is 37.9 Å². The summed E-state index contributed by atoms with van der Waals surface area (Å²) in [4.78, 5) is 5.33. The van der Waals surface area contributed by atoms with Crippen molar-refractivity contribution in [2.45, 2.75) is 13.1 Å². The summed E-state index contributed by atoms with van der Waals surface area (Å²) in [6.07, 6.45) is 8.16. The molecule has 2 rings (SSSR count). The second-order valence-corrected chi connectivity index (χ2v) is 7.01.